The van der Waals surface area contributed by atoms with Crippen LogP contribution in [0.15, 0.2) is 51.5 Å². The normalized spacial score (nSPS) is 12.2. The summed E-state index contributed by atoms with van der Waals surface area (Å²) < 4.78 is 1.94. The van der Waals surface area contributed by atoms with E-state index in [0.29, 0.717) is 0 Å². The van der Waals surface area contributed by atoms with Gasteiger partial charge in [0.15, 0.2) is 0 Å². The number of rotatable bonds is 3. The average molecular weight is 356 g/mol. The summed E-state index contributed by atoms with van der Waals surface area (Å²) in [5, 5.41) is 3.41. The topological polar surface area (TPSA) is 24.9 Å². The Hall–Kier alpha value is -0.870. The molecule has 0 radical (unpaired) electrons. The molecule has 0 aliphatic rings. The standard InChI is InChI=1S/C13H12Br2N2/c1-9(12-3-2-4-13(15)17-12)16-11-7-5-10(14)6-8-11/h2-9,16H,1H3/t9-/m0/s1. The van der Waals surface area contributed by atoms with Gasteiger partial charge in [0.25, 0.3) is 0 Å². The number of nitrogens with zero attached hydrogens (tertiary/aromatic N) is 1. The summed E-state index contributed by atoms with van der Waals surface area (Å²) in [6, 6.07) is 14.2. The van der Waals surface area contributed by atoms with Gasteiger partial charge in [0.1, 0.15) is 4.60 Å². The lowest BCUT2D eigenvalue weighted by Crippen LogP contribution is -2.08. The second-order valence-electron chi connectivity index (χ2n) is 3.76. The van der Waals surface area contributed by atoms with E-state index in [0.717, 1.165) is 20.5 Å². The molecule has 1 aromatic heterocycles. The van der Waals surface area contributed by atoms with Crippen LogP contribution >= 0.6 is 31.9 Å². The first kappa shape index (κ1) is 12.6. The molecule has 1 N–H and O–H groups in total. The molecule has 0 unspecified atom stereocenters. The van der Waals surface area contributed by atoms with Crippen molar-refractivity contribution >= 4 is 37.5 Å². The Labute approximate surface area is 118 Å². The van der Waals surface area contributed by atoms with Crippen LogP contribution in [0.5, 0.6) is 0 Å². The average Bonchev–Trinajstić information content (AvgIpc) is 2.32. The fourth-order valence-electron chi connectivity index (χ4n) is 1.54. The number of aromatic nitrogens is 1. The quantitative estimate of drug-likeness (QED) is 0.801. The van der Waals surface area contributed by atoms with E-state index in [1.54, 1.807) is 0 Å². The highest BCUT2D eigenvalue weighted by molar-refractivity contribution is 9.10. The minimum atomic E-state index is 0.175. The lowest BCUT2D eigenvalue weighted by Gasteiger charge is -2.15. The number of nitrogens with one attached hydrogen (secondary N) is 1. The predicted molar refractivity (Wildman–Crippen MR) is 78.1 cm³/mol. The number of benzene rings is 1. The minimum absolute atomic E-state index is 0.175. The van der Waals surface area contributed by atoms with Gasteiger partial charge in [0, 0.05) is 10.2 Å². The highest BCUT2D eigenvalue weighted by Crippen LogP contribution is 2.20. The lowest BCUT2D eigenvalue weighted by molar-refractivity contribution is 0.835. The van der Waals surface area contributed by atoms with Crippen molar-refractivity contribution in [2.75, 3.05) is 5.32 Å². The first-order chi connectivity index (χ1) is 8.15. The van der Waals surface area contributed by atoms with Crippen LogP contribution in [0.4, 0.5) is 5.69 Å². The zero-order valence-electron chi connectivity index (χ0n) is 9.32. The summed E-state index contributed by atoms with van der Waals surface area (Å²) in [7, 11) is 0. The number of halogens is 2. The van der Waals surface area contributed by atoms with Gasteiger partial charge in [-0.3, -0.25) is 0 Å². The fraction of sp³-hybridized carbons (Fsp3) is 0.154. The molecule has 2 nitrogen and oxygen atoms in total. The first-order valence-corrected chi connectivity index (χ1v) is 6.88. The maximum absolute atomic E-state index is 4.43. The molecule has 0 saturated carbocycles. The Balaban J connectivity index is 2.11. The molecule has 1 aromatic carbocycles. The lowest BCUT2D eigenvalue weighted by atomic mass is 10.2. The number of hydrogen-bond acceptors (Lipinski definition) is 2. The van der Waals surface area contributed by atoms with Crippen molar-refractivity contribution in [3.05, 3.63) is 57.2 Å². The molecule has 0 bridgehead atoms. The summed E-state index contributed by atoms with van der Waals surface area (Å²) in [5.41, 5.74) is 2.10. The maximum Gasteiger partial charge on any atom is 0.106 e. The Morgan fingerprint density at radius 2 is 1.76 bits per heavy atom. The molecule has 1 heterocycles. The van der Waals surface area contributed by atoms with E-state index in [1.165, 1.54) is 0 Å². The molecular formula is C13H12Br2N2. The zero-order valence-corrected chi connectivity index (χ0v) is 12.5. The predicted octanol–water partition coefficient (Wildman–Crippen LogP) is 4.78. The molecule has 0 fully saturated rings. The Morgan fingerprint density at radius 3 is 2.41 bits per heavy atom. The Kier molecular flexibility index (Phi) is 4.18. The number of anilines is 1. The summed E-state index contributed by atoms with van der Waals surface area (Å²) in [4.78, 5) is 4.43. The Morgan fingerprint density at radius 1 is 1.06 bits per heavy atom. The van der Waals surface area contributed by atoms with Crippen LogP contribution in [0.2, 0.25) is 0 Å². The fourth-order valence-corrected chi connectivity index (χ4v) is 2.16. The van der Waals surface area contributed by atoms with Gasteiger partial charge in [-0.25, -0.2) is 4.98 Å². The Bertz CT molecular complexity index is 497. The SMILES string of the molecule is C[C@H](Nc1ccc(Br)cc1)c1cccc(Br)n1. The van der Waals surface area contributed by atoms with E-state index in [4.69, 9.17) is 0 Å². The summed E-state index contributed by atoms with van der Waals surface area (Å²) in [5.74, 6) is 0. The second kappa shape index (κ2) is 5.65. The van der Waals surface area contributed by atoms with Crippen molar-refractivity contribution in [2.45, 2.75) is 13.0 Å². The molecular weight excluding hydrogens is 344 g/mol. The van der Waals surface area contributed by atoms with Gasteiger partial charge in [-0.1, -0.05) is 22.0 Å². The van der Waals surface area contributed by atoms with Crippen LogP contribution in [-0.4, -0.2) is 4.98 Å². The van der Waals surface area contributed by atoms with Crippen molar-refractivity contribution in [3.8, 4) is 0 Å². The third-order valence-corrected chi connectivity index (χ3v) is 3.38. The van der Waals surface area contributed by atoms with E-state index < -0.39 is 0 Å². The molecule has 88 valence electrons. The molecule has 0 amide bonds. The number of pyridine rings is 1. The van der Waals surface area contributed by atoms with E-state index in [9.17, 15) is 0 Å². The third-order valence-electron chi connectivity index (χ3n) is 2.41. The van der Waals surface area contributed by atoms with Crippen molar-refractivity contribution in [3.63, 3.8) is 0 Å². The smallest absolute Gasteiger partial charge is 0.106 e. The van der Waals surface area contributed by atoms with Crippen LogP contribution in [0, 0.1) is 0 Å². The zero-order chi connectivity index (χ0) is 12.3. The van der Waals surface area contributed by atoms with Crippen LogP contribution < -0.4 is 5.32 Å². The van der Waals surface area contributed by atoms with Crippen LogP contribution in [0.1, 0.15) is 18.7 Å². The van der Waals surface area contributed by atoms with Crippen molar-refractivity contribution in [1.29, 1.82) is 0 Å². The van der Waals surface area contributed by atoms with Gasteiger partial charge in [-0.2, -0.15) is 0 Å². The molecule has 0 aliphatic heterocycles. The molecule has 0 spiro atoms. The van der Waals surface area contributed by atoms with Crippen molar-refractivity contribution < 1.29 is 0 Å². The minimum Gasteiger partial charge on any atom is -0.377 e. The van der Waals surface area contributed by atoms with Gasteiger partial charge in [-0.05, 0) is 59.3 Å². The third kappa shape index (κ3) is 3.54. The monoisotopic (exact) mass is 354 g/mol. The molecule has 0 saturated heterocycles. The molecule has 1 atom stereocenters. The van der Waals surface area contributed by atoms with Crippen LogP contribution in [-0.2, 0) is 0 Å². The summed E-state index contributed by atoms with van der Waals surface area (Å²) >= 11 is 6.80. The highest BCUT2D eigenvalue weighted by Gasteiger charge is 2.06. The summed E-state index contributed by atoms with van der Waals surface area (Å²) in [6.45, 7) is 2.09. The molecule has 2 rings (SSSR count). The van der Waals surface area contributed by atoms with Crippen molar-refractivity contribution in [2.24, 2.45) is 0 Å². The van der Waals surface area contributed by atoms with E-state index >= 15 is 0 Å². The first-order valence-electron chi connectivity index (χ1n) is 5.30. The van der Waals surface area contributed by atoms with Gasteiger partial charge < -0.3 is 5.32 Å². The molecule has 4 heteroatoms. The largest absolute Gasteiger partial charge is 0.377 e. The number of hydrogen-bond donors (Lipinski definition) is 1. The van der Waals surface area contributed by atoms with Gasteiger partial charge in [0.05, 0.1) is 11.7 Å². The van der Waals surface area contributed by atoms with Crippen molar-refractivity contribution in [1.82, 2.24) is 4.98 Å². The van der Waals surface area contributed by atoms with Crippen LogP contribution in [0.3, 0.4) is 0 Å². The van der Waals surface area contributed by atoms with E-state index in [1.807, 2.05) is 42.5 Å². The van der Waals surface area contributed by atoms with E-state index in [2.05, 4.69) is 49.1 Å². The van der Waals surface area contributed by atoms with E-state index in [-0.39, 0.29) is 6.04 Å². The van der Waals surface area contributed by atoms with Gasteiger partial charge >= 0.3 is 0 Å². The molecule has 2 aromatic rings. The highest BCUT2D eigenvalue weighted by atomic mass is 79.9. The molecule has 0 aliphatic carbocycles. The van der Waals surface area contributed by atoms with Gasteiger partial charge in [-0.15, -0.1) is 0 Å². The van der Waals surface area contributed by atoms with Crippen LogP contribution in [0.25, 0.3) is 0 Å². The second-order valence-corrected chi connectivity index (χ2v) is 5.49. The summed E-state index contributed by atoms with van der Waals surface area (Å²) in [6.07, 6.45) is 0. The van der Waals surface area contributed by atoms with Gasteiger partial charge in [0.2, 0.25) is 0 Å². The molecule has 17 heavy (non-hydrogen) atoms. The maximum atomic E-state index is 4.43.